The summed E-state index contributed by atoms with van der Waals surface area (Å²) in [5, 5.41) is 40.5. The molecule has 27 heteroatoms. The number of fused-ring (bicyclic) bond motifs is 3. The molecule has 1 aliphatic rings. The van der Waals surface area contributed by atoms with E-state index in [1.54, 1.807) is 40.0 Å². The first-order chi connectivity index (χ1) is 37.1. The molecule has 0 radical (unpaired) electrons. The van der Waals surface area contributed by atoms with Crippen molar-refractivity contribution in [1.29, 1.82) is 0 Å². The Hall–Kier alpha value is -4.20. The standard InChI is InChI=1S/2C16H14ClN3O3.C10H7Cl2N.C7H9NO3.CH3F.CH2O3.2K.H/c1-23-16(22)14-7-19-15(9-21)20(14)8-10-2-3-13-11(4-10)5-12(17)6-18-13;1-23-16(22)14-8-20(15(9-21)19-14)7-10-2-3-13-11(4-10)5-12(17)6-18-13;11-5-7-1-2-10-8(3-7)4-9(12)6-13-10;1-11-7(10)6-3-2-5(4-9)8-6;1-2;2-1-4-3;;;/h2-7,21H,8-9H2,1H3;2-6,8,21H,7,9H2,1H3;1-4,6H,5H2;3,9H,2,4H2,1H3;1H3;1,3H;;;/q;;;;;;2*+1;-1/p-1/i;;;;1D;;;;. The summed E-state index contributed by atoms with van der Waals surface area (Å²) in [7, 11) is 2.90. The summed E-state index contributed by atoms with van der Waals surface area (Å²) in [5.74, 6) is -0.170. The number of aliphatic hydroxyl groups is 3. The average molecular weight is 1210 g/mol. The van der Waals surface area contributed by atoms with Crippen molar-refractivity contribution in [2.75, 3.05) is 35.1 Å². The van der Waals surface area contributed by atoms with Crippen LogP contribution in [0.4, 0.5) is 4.39 Å². The number of nitrogens with zero attached hydrogens (tertiary/aromatic N) is 8. The largest absolute Gasteiger partial charge is 1.00 e. The Labute approximate surface area is 554 Å². The van der Waals surface area contributed by atoms with E-state index in [0.717, 1.165) is 49.4 Å². The van der Waals surface area contributed by atoms with Crippen LogP contribution in [0.1, 0.15) is 58.5 Å². The van der Waals surface area contributed by atoms with Gasteiger partial charge < -0.3 is 50.2 Å². The van der Waals surface area contributed by atoms with Crippen LogP contribution in [0.15, 0.2) is 121 Å². The van der Waals surface area contributed by atoms with Crippen molar-refractivity contribution in [2.24, 2.45) is 4.99 Å². The van der Waals surface area contributed by atoms with Crippen LogP contribution in [0.25, 0.3) is 32.7 Å². The fraction of sp³-hybridized carbons (Fsp3) is 0.216. The summed E-state index contributed by atoms with van der Waals surface area (Å²) in [6.45, 7) is 0.0258. The molecule has 3 aromatic carbocycles. The zero-order valence-corrected chi connectivity index (χ0v) is 51.9. The second-order valence-corrected chi connectivity index (χ2v) is 16.7. The molecule has 5 aromatic heterocycles. The monoisotopic (exact) mass is 1200 g/mol. The molecule has 0 saturated carbocycles. The number of hydrogen-bond donors (Lipinski definition) is 3. The molecule has 0 fully saturated rings. The van der Waals surface area contributed by atoms with E-state index in [4.69, 9.17) is 67.7 Å². The van der Waals surface area contributed by atoms with Gasteiger partial charge in [0.25, 0.3) is 6.47 Å². The molecule has 3 N–H and O–H groups in total. The number of aliphatic imine (C=N–C) groups is 1. The normalized spacial score (nSPS) is 10.9. The maximum atomic E-state index is 11.8. The summed E-state index contributed by atoms with van der Waals surface area (Å²) in [6.07, 6.45) is 9.99. The topological polar surface area (TPSA) is 276 Å². The van der Waals surface area contributed by atoms with Gasteiger partial charge in [0, 0.05) is 72.0 Å². The molecule has 0 atom stereocenters. The molecule has 0 unspecified atom stereocenters. The van der Waals surface area contributed by atoms with Crippen LogP contribution in [0.5, 0.6) is 0 Å². The number of carbonyl (C=O) groups is 4. The minimum absolute atomic E-state index is 0. The number of imidazole rings is 2. The average Bonchev–Trinajstić information content (AvgIpc) is 4.22. The van der Waals surface area contributed by atoms with Crippen LogP contribution >= 0.6 is 46.4 Å². The number of methoxy groups -OCH3 is 3. The van der Waals surface area contributed by atoms with Gasteiger partial charge in [0.2, 0.25) is 0 Å². The van der Waals surface area contributed by atoms with E-state index in [2.05, 4.69) is 44.3 Å². The molecule has 0 spiro atoms. The van der Waals surface area contributed by atoms with E-state index in [-0.39, 0.29) is 142 Å². The van der Waals surface area contributed by atoms with Gasteiger partial charge >= 0.3 is 121 Å². The van der Waals surface area contributed by atoms with Crippen molar-refractivity contribution >= 4 is 109 Å². The van der Waals surface area contributed by atoms with Gasteiger partial charge in [0.05, 0.1) is 74.3 Å². The minimum atomic E-state index is -1.00. The Balaban J connectivity index is 0.000000524. The number of halogens is 5. The van der Waals surface area contributed by atoms with Gasteiger partial charge in [-0.25, -0.2) is 29.3 Å². The van der Waals surface area contributed by atoms with Gasteiger partial charge in [0.1, 0.15) is 36.3 Å². The zero-order chi connectivity index (χ0) is 56.4. The van der Waals surface area contributed by atoms with Crippen LogP contribution in [0, 0.1) is 0 Å². The number of carbonyl (C=O) groups excluding carboxylic acids is 4. The second-order valence-electron chi connectivity index (χ2n) is 15.1. The Morgan fingerprint density at radius 1 is 0.705 bits per heavy atom. The van der Waals surface area contributed by atoms with Crippen LogP contribution in [-0.2, 0) is 60.9 Å². The molecular formula is C51H49Cl4FK2N8O12. The van der Waals surface area contributed by atoms with E-state index < -0.39 is 25.1 Å². The predicted octanol–water partition coefficient (Wildman–Crippen LogP) is 1.47. The van der Waals surface area contributed by atoms with Crippen LogP contribution in [-0.4, -0.2) is 115 Å². The zero-order valence-electron chi connectivity index (χ0n) is 44.6. The minimum Gasteiger partial charge on any atom is -1.00 e. The van der Waals surface area contributed by atoms with Crippen molar-refractivity contribution < 1.29 is 169 Å². The first-order valence-corrected chi connectivity index (χ1v) is 23.5. The fourth-order valence-corrected chi connectivity index (χ4v) is 7.50. The number of pyridine rings is 3. The molecule has 9 rings (SSSR count). The Morgan fingerprint density at radius 3 is 1.59 bits per heavy atom. The van der Waals surface area contributed by atoms with E-state index in [1.165, 1.54) is 27.5 Å². The number of benzene rings is 3. The fourth-order valence-electron chi connectivity index (χ4n) is 6.84. The number of rotatable bonds is 12. The molecule has 78 heavy (non-hydrogen) atoms. The molecule has 0 aliphatic carbocycles. The number of hydrogen-bond acceptors (Lipinski definition) is 18. The SMILES string of the molecule is COC(=O)C1=CCC(CO)=N1.COC(=O)c1cn(Cc2ccc3ncc(Cl)cc3c2)c(CO)n1.COC(=O)c1cnc(CO)n1Cc1ccc2ncc(Cl)cc2c1.ClCc1ccc2ncc(Cl)cc2c1.O=CO[O-].[2H]CF.[H-].[K+].[K+]. The van der Waals surface area contributed by atoms with Crippen molar-refractivity contribution in [2.45, 2.75) is 38.6 Å². The molecule has 20 nitrogen and oxygen atoms in total. The number of ether oxygens (including phenoxy) is 3. The van der Waals surface area contributed by atoms with Crippen molar-refractivity contribution in [3.8, 4) is 0 Å². The maximum Gasteiger partial charge on any atom is 1.00 e. The van der Waals surface area contributed by atoms with Gasteiger partial charge in [-0.15, -0.1) is 11.6 Å². The number of aliphatic hydroxyl groups excluding tert-OH is 3. The smallest absolute Gasteiger partial charge is 1.00 e. The number of esters is 3. The molecule has 402 valence electrons. The molecular weight excluding hydrogens is 1160 g/mol. The molecule has 8 aromatic rings. The van der Waals surface area contributed by atoms with Crippen LogP contribution in [0.3, 0.4) is 0 Å². The molecule has 6 heterocycles. The number of allylic oxidation sites excluding steroid dienone is 1. The van der Waals surface area contributed by atoms with E-state index in [1.807, 2.05) is 72.8 Å². The van der Waals surface area contributed by atoms with Gasteiger partial charge in [-0.2, -0.15) is 0 Å². The summed E-state index contributed by atoms with van der Waals surface area (Å²) >= 11 is 23.5. The number of alkyl halides is 2. The summed E-state index contributed by atoms with van der Waals surface area (Å²) in [5.41, 5.74) is 6.96. The number of aromatic nitrogens is 7. The van der Waals surface area contributed by atoms with Crippen molar-refractivity contribution in [3.63, 3.8) is 0 Å². The summed E-state index contributed by atoms with van der Waals surface area (Å²) in [4.78, 5) is 70.1. The first-order valence-electron chi connectivity index (χ1n) is 22.5. The van der Waals surface area contributed by atoms with E-state index >= 15 is 0 Å². The third kappa shape index (κ3) is 21.0. The Bertz CT molecular complexity index is 3360. The van der Waals surface area contributed by atoms with Crippen molar-refractivity contribution in [3.05, 3.63) is 170 Å². The first kappa shape index (κ1) is 68.1. The third-order valence-electron chi connectivity index (χ3n) is 10.3. The van der Waals surface area contributed by atoms with Crippen LogP contribution < -0.4 is 108 Å². The quantitative estimate of drug-likeness (QED) is 0.0297. The second kappa shape index (κ2) is 36.9. The van der Waals surface area contributed by atoms with E-state index in [0.29, 0.717) is 63.5 Å². The summed E-state index contributed by atoms with van der Waals surface area (Å²) in [6, 6.07) is 23.0. The molecule has 0 bridgehead atoms. The van der Waals surface area contributed by atoms with Gasteiger partial charge in [-0.05, 0) is 77.4 Å². The molecule has 0 saturated heterocycles. The Kier molecular flexibility index (Phi) is 32.2. The van der Waals surface area contributed by atoms with Crippen LogP contribution in [0.2, 0.25) is 15.1 Å². The third-order valence-corrected chi connectivity index (χ3v) is 11.2. The van der Waals surface area contributed by atoms with Gasteiger partial charge in [0.15, 0.2) is 5.69 Å². The van der Waals surface area contributed by atoms with Crippen molar-refractivity contribution in [1.82, 2.24) is 34.1 Å². The predicted molar refractivity (Wildman–Crippen MR) is 282 cm³/mol. The van der Waals surface area contributed by atoms with Gasteiger partial charge in [-0.1, -0.05) is 53.0 Å². The maximum absolute atomic E-state index is 11.8. The molecule has 0 amide bonds. The molecule has 1 aliphatic heterocycles. The Morgan fingerprint density at radius 2 is 1.17 bits per heavy atom. The van der Waals surface area contributed by atoms with Gasteiger partial charge in [-0.3, -0.25) is 24.1 Å². The summed E-state index contributed by atoms with van der Waals surface area (Å²) < 4.78 is 32.7. The van der Waals surface area contributed by atoms with E-state index in [9.17, 15) is 29.0 Å².